The SMILES string of the molecule is C=CCOCC(C)OCC(C)O. The third-order valence-electron chi connectivity index (χ3n) is 1.21. The van der Waals surface area contributed by atoms with E-state index in [-0.39, 0.29) is 6.10 Å². The number of ether oxygens (including phenoxy) is 2. The lowest BCUT2D eigenvalue weighted by molar-refractivity contribution is -0.0320. The van der Waals surface area contributed by atoms with E-state index in [0.717, 1.165) is 0 Å². The molecule has 0 heterocycles. The molecule has 3 heteroatoms. The highest BCUT2D eigenvalue weighted by molar-refractivity contribution is 4.64. The van der Waals surface area contributed by atoms with Crippen molar-refractivity contribution in [2.45, 2.75) is 26.1 Å². The summed E-state index contributed by atoms with van der Waals surface area (Å²) in [6.07, 6.45) is 1.31. The maximum Gasteiger partial charge on any atom is 0.0781 e. The molecule has 0 fully saturated rings. The Balaban J connectivity index is 3.21. The average Bonchev–Trinajstić information content (AvgIpc) is 2.01. The van der Waals surface area contributed by atoms with Gasteiger partial charge < -0.3 is 14.6 Å². The predicted molar refractivity (Wildman–Crippen MR) is 48.1 cm³/mol. The fourth-order valence-electron chi connectivity index (χ4n) is 0.669. The molecule has 2 atom stereocenters. The number of aliphatic hydroxyl groups is 1. The summed E-state index contributed by atoms with van der Waals surface area (Å²) in [6.45, 7) is 8.57. The van der Waals surface area contributed by atoms with Crippen LogP contribution in [0.2, 0.25) is 0 Å². The monoisotopic (exact) mass is 174 g/mol. The quantitative estimate of drug-likeness (QED) is 0.462. The summed E-state index contributed by atoms with van der Waals surface area (Å²) in [6, 6.07) is 0. The number of hydrogen-bond donors (Lipinski definition) is 1. The molecule has 0 aromatic rings. The third kappa shape index (κ3) is 7.72. The molecule has 0 aliphatic carbocycles. The van der Waals surface area contributed by atoms with Gasteiger partial charge in [0, 0.05) is 0 Å². The van der Waals surface area contributed by atoms with Gasteiger partial charge in [-0.1, -0.05) is 6.08 Å². The highest BCUT2D eigenvalue weighted by Gasteiger charge is 2.03. The third-order valence-corrected chi connectivity index (χ3v) is 1.21. The first-order chi connectivity index (χ1) is 5.66. The molecular formula is C9H18O3. The summed E-state index contributed by atoms with van der Waals surface area (Å²) in [5.74, 6) is 0. The van der Waals surface area contributed by atoms with Gasteiger partial charge in [0.15, 0.2) is 0 Å². The summed E-state index contributed by atoms with van der Waals surface area (Å²) < 4.78 is 10.4. The van der Waals surface area contributed by atoms with Crippen LogP contribution in [0.25, 0.3) is 0 Å². The standard InChI is InChI=1S/C9H18O3/c1-4-5-11-7-9(3)12-6-8(2)10/h4,8-10H,1,5-7H2,2-3H3. The molecule has 72 valence electrons. The minimum absolute atomic E-state index is 0.0274. The molecule has 0 rings (SSSR count). The van der Waals surface area contributed by atoms with Crippen molar-refractivity contribution >= 4 is 0 Å². The Morgan fingerprint density at radius 3 is 2.58 bits per heavy atom. The summed E-state index contributed by atoms with van der Waals surface area (Å²) in [5.41, 5.74) is 0. The molecule has 0 aliphatic rings. The van der Waals surface area contributed by atoms with E-state index < -0.39 is 6.10 Å². The van der Waals surface area contributed by atoms with Crippen LogP contribution in [0.15, 0.2) is 12.7 Å². The normalized spacial score (nSPS) is 15.6. The van der Waals surface area contributed by atoms with Gasteiger partial charge in [0.2, 0.25) is 0 Å². The molecule has 12 heavy (non-hydrogen) atoms. The second-order valence-electron chi connectivity index (χ2n) is 2.82. The van der Waals surface area contributed by atoms with Crippen LogP contribution in [-0.4, -0.2) is 37.1 Å². The van der Waals surface area contributed by atoms with E-state index in [1.54, 1.807) is 13.0 Å². The zero-order valence-electron chi connectivity index (χ0n) is 7.82. The molecule has 0 aromatic carbocycles. The summed E-state index contributed by atoms with van der Waals surface area (Å²) in [4.78, 5) is 0. The van der Waals surface area contributed by atoms with Crippen LogP contribution in [0.5, 0.6) is 0 Å². The fraction of sp³-hybridized carbons (Fsp3) is 0.778. The largest absolute Gasteiger partial charge is 0.391 e. The maximum atomic E-state index is 8.89. The zero-order valence-corrected chi connectivity index (χ0v) is 7.82. The Morgan fingerprint density at radius 1 is 1.42 bits per heavy atom. The number of rotatable bonds is 7. The van der Waals surface area contributed by atoms with Gasteiger partial charge in [0.05, 0.1) is 32.0 Å². The second kappa shape index (κ2) is 7.28. The average molecular weight is 174 g/mol. The molecule has 1 N–H and O–H groups in total. The van der Waals surface area contributed by atoms with Gasteiger partial charge >= 0.3 is 0 Å². The van der Waals surface area contributed by atoms with Gasteiger partial charge in [0.25, 0.3) is 0 Å². The maximum absolute atomic E-state index is 8.89. The van der Waals surface area contributed by atoms with E-state index in [4.69, 9.17) is 14.6 Å². The molecule has 0 aliphatic heterocycles. The van der Waals surface area contributed by atoms with Crippen molar-refractivity contribution in [2.24, 2.45) is 0 Å². The Morgan fingerprint density at radius 2 is 2.08 bits per heavy atom. The molecular weight excluding hydrogens is 156 g/mol. The van der Waals surface area contributed by atoms with E-state index in [9.17, 15) is 0 Å². The van der Waals surface area contributed by atoms with Crippen LogP contribution in [0.3, 0.4) is 0 Å². The summed E-state index contributed by atoms with van der Waals surface area (Å²) in [7, 11) is 0. The first-order valence-electron chi connectivity index (χ1n) is 4.15. The van der Waals surface area contributed by atoms with Gasteiger partial charge in [-0.2, -0.15) is 0 Å². The van der Waals surface area contributed by atoms with Crippen molar-refractivity contribution in [3.63, 3.8) is 0 Å². The lowest BCUT2D eigenvalue weighted by Crippen LogP contribution is -2.21. The highest BCUT2D eigenvalue weighted by atomic mass is 16.5. The minimum Gasteiger partial charge on any atom is -0.391 e. The molecule has 0 saturated heterocycles. The van der Waals surface area contributed by atoms with E-state index in [2.05, 4.69) is 6.58 Å². The molecule has 2 unspecified atom stereocenters. The topological polar surface area (TPSA) is 38.7 Å². The smallest absolute Gasteiger partial charge is 0.0781 e. The first kappa shape index (κ1) is 11.6. The Kier molecular flexibility index (Phi) is 7.05. The summed E-state index contributed by atoms with van der Waals surface area (Å²) in [5, 5.41) is 8.89. The van der Waals surface area contributed by atoms with Crippen LogP contribution < -0.4 is 0 Å². The van der Waals surface area contributed by atoms with Crippen LogP contribution >= 0.6 is 0 Å². The van der Waals surface area contributed by atoms with Crippen LogP contribution in [0.1, 0.15) is 13.8 Å². The summed E-state index contributed by atoms with van der Waals surface area (Å²) >= 11 is 0. The molecule has 0 spiro atoms. The molecule has 0 saturated carbocycles. The van der Waals surface area contributed by atoms with Crippen molar-refractivity contribution in [3.8, 4) is 0 Å². The first-order valence-corrected chi connectivity index (χ1v) is 4.15. The highest BCUT2D eigenvalue weighted by Crippen LogP contribution is 1.93. The van der Waals surface area contributed by atoms with Crippen LogP contribution in [0.4, 0.5) is 0 Å². The number of aliphatic hydroxyl groups excluding tert-OH is 1. The van der Waals surface area contributed by atoms with Crippen molar-refractivity contribution in [3.05, 3.63) is 12.7 Å². The van der Waals surface area contributed by atoms with Crippen LogP contribution in [0, 0.1) is 0 Å². The van der Waals surface area contributed by atoms with Crippen LogP contribution in [-0.2, 0) is 9.47 Å². The lowest BCUT2D eigenvalue weighted by Gasteiger charge is -2.13. The van der Waals surface area contributed by atoms with E-state index in [1.807, 2.05) is 6.92 Å². The fourth-order valence-corrected chi connectivity index (χ4v) is 0.669. The molecule has 0 aromatic heterocycles. The molecule has 0 bridgehead atoms. The zero-order chi connectivity index (χ0) is 9.40. The minimum atomic E-state index is -0.410. The van der Waals surface area contributed by atoms with Gasteiger partial charge in [-0.25, -0.2) is 0 Å². The second-order valence-corrected chi connectivity index (χ2v) is 2.82. The molecule has 3 nitrogen and oxygen atoms in total. The Labute approximate surface area is 74.0 Å². The van der Waals surface area contributed by atoms with E-state index >= 15 is 0 Å². The van der Waals surface area contributed by atoms with Gasteiger partial charge in [-0.15, -0.1) is 6.58 Å². The van der Waals surface area contributed by atoms with Crippen molar-refractivity contribution < 1.29 is 14.6 Å². The van der Waals surface area contributed by atoms with E-state index in [1.165, 1.54) is 0 Å². The molecule has 0 radical (unpaired) electrons. The molecule has 0 amide bonds. The van der Waals surface area contributed by atoms with Crippen molar-refractivity contribution in [1.82, 2.24) is 0 Å². The Hall–Kier alpha value is -0.380. The van der Waals surface area contributed by atoms with Crippen molar-refractivity contribution in [2.75, 3.05) is 19.8 Å². The number of hydrogen-bond acceptors (Lipinski definition) is 3. The lowest BCUT2D eigenvalue weighted by atomic mass is 10.4. The predicted octanol–water partition coefficient (Wildman–Crippen LogP) is 0.975. The van der Waals surface area contributed by atoms with Gasteiger partial charge in [-0.3, -0.25) is 0 Å². The Bertz CT molecular complexity index is 112. The van der Waals surface area contributed by atoms with E-state index in [0.29, 0.717) is 19.8 Å². The van der Waals surface area contributed by atoms with Crippen molar-refractivity contribution in [1.29, 1.82) is 0 Å². The van der Waals surface area contributed by atoms with Gasteiger partial charge in [0.1, 0.15) is 0 Å². The van der Waals surface area contributed by atoms with Gasteiger partial charge in [-0.05, 0) is 13.8 Å².